The highest BCUT2D eigenvalue weighted by atomic mass is 35.5. The van der Waals surface area contributed by atoms with E-state index in [4.69, 9.17) is 4.74 Å². The first-order valence-corrected chi connectivity index (χ1v) is 7.92. The molecule has 1 fully saturated rings. The molecule has 0 bridgehead atoms. The highest BCUT2D eigenvalue weighted by molar-refractivity contribution is 5.85. The van der Waals surface area contributed by atoms with Crippen LogP contribution in [0.4, 0.5) is 0 Å². The zero-order chi connectivity index (χ0) is 16.2. The molecule has 0 saturated carbocycles. The third kappa shape index (κ3) is 4.46. The molecule has 1 aliphatic heterocycles. The first-order chi connectivity index (χ1) is 10.4. The van der Waals surface area contributed by atoms with Gasteiger partial charge in [0.2, 0.25) is 5.91 Å². The summed E-state index contributed by atoms with van der Waals surface area (Å²) < 4.78 is 7.33. The Morgan fingerprint density at radius 2 is 2.09 bits per heavy atom. The number of rotatable bonds is 5. The summed E-state index contributed by atoms with van der Waals surface area (Å²) >= 11 is 0. The van der Waals surface area contributed by atoms with Crippen molar-refractivity contribution in [2.24, 2.45) is 5.41 Å². The molecule has 7 heteroatoms. The minimum atomic E-state index is -0.592. The van der Waals surface area contributed by atoms with Crippen molar-refractivity contribution in [2.45, 2.75) is 45.3 Å². The van der Waals surface area contributed by atoms with Crippen LogP contribution in [0, 0.1) is 5.41 Å². The van der Waals surface area contributed by atoms with Crippen LogP contribution >= 0.6 is 12.4 Å². The van der Waals surface area contributed by atoms with Gasteiger partial charge in [0.05, 0.1) is 6.10 Å². The lowest BCUT2D eigenvalue weighted by molar-refractivity contribution is -0.133. The second-order valence-corrected chi connectivity index (χ2v) is 7.03. The van der Waals surface area contributed by atoms with Gasteiger partial charge in [-0.25, -0.2) is 0 Å². The summed E-state index contributed by atoms with van der Waals surface area (Å²) in [6, 6.07) is 1.87. The quantitative estimate of drug-likeness (QED) is 0.850. The number of halogens is 1. The molecule has 2 rings (SSSR count). The molecule has 2 N–H and O–H groups in total. The van der Waals surface area contributed by atoms with Gasteiger partial charge in [-0.2, -0.15) is 5.10 Å². The van der Waals surface area contributed by atoms with Gasteiger partial charge in [-0.1, -0.05) is 20.8 Å². The maximum absolute atomic E-state index is 12.9. The molecule has 1 aliphatic rings. The fourth-order valence-corrected chi connectivity index (χ4v) is 3.02. The van der Waals surface area contributed by atoms with E-state index >= 15 is 0 Å². The fourth-order valence-electron chi connectivity index (χ4n) is 3.02. The smallest absolute Gasteiger partial charge is 0.248 e. The zero-order valence-electron chi connectivity index (χ0n) is 14.5. The van der Waals surface area contributed by atoms with E-state index in [9.17, 15) is 4.79 Å². The van der Waals surface area contributed by atoms with Crippen LogP contribution in [0.2, 0.25) is 0 Å². The van der Waals surface area contributed by atoms with E-state index in [0.29, 0.717) is 6.54 Å². The van der Waals surface area contributed by atoms with Crippen molar-refractivity contribution in [2.75, 3.05) is 26.7 Å². The number of hydrogen-bond acceptors (Lipinski definition) is 4. The van der Waals surface area contributed by atoms with E-state index in [-0.39, 0.29) is 29.8 Å². The van der Waals surface area contributed by atoms with Gasteiger partial charge in [-0.05, 0) is 37.4 Å². The fraction of sp³-hybridized carbons (Fsp3) is 0.750. The van der Waals surface area contributed by atoms with E-state index in [1.165, 1.54) is 0 Å². The van der Waals surface area contributed by atoms with Crippen molar-refractivity contribution in [3.8, 4) is 0 Å². The van der Waals surface area contributed by atoms with E-state index in [1.54, 1.807) is 13.3 Å². The largest absolute Gasteiger partial charge is 0.379 e. The first kappa shape index (κ1) is 19.9. The zero-order valence-corrected chi connectivity index (χ0v) is 15.3. The maximum atomic E-state index is 12.9. The number of carbonyl (C=O) groups excluding carboxylic acids is 1. The van der Waals surface area contributed by atoms with E-state index in [1.807, 2.05) is 16.9 Å². The number of nitrogens with zero attached hydrogens (tertiary/aromatic N) is 2. The standard InChI is InChI=1S/C16H28N4O2.ClH/c1-15(2,3)13(22-4)12-18-14(21)16(6-9-17-10-7-16)20-11-5-8-19-20;/h5,8,11,13,17H,6-7,9-10,12H2,1-4H3,(H,18,21);1H. The minimum absolute atomic E-state index is 0. The number of methoxy groups -OCH3 is 1. The molecule has 2 heterocycles. The molecule has 132 valence electrons. The van der Waals surface area contributed by atoms with Crippen LogP contribution in [-0.4, -0.2) is 48.5 Å². The third-order valence-corrected chi connectivity index (χ3v) is 4.49. The Kier molecular flexibility index (Phi) is 7.04. The summed E-state index contributed by atoms with van der Waals surface area (Å²) in [5, 5.41) is 10.7. The number of carbonyl (C=O) groups is 1. The van der Waals surface area contributed by atoms with Crippen molar-refractivity contribution in [3.63, 3.8) is 0 Å². The summed E-state index contributed by atoms with van der Waals surface area (Å²) in [5.41, 5.74) is -0.611. The number of ether oxygens (including phenoxy) is 1. The lowest BCUT2D eigenvalue weighted by Gasteiger charge is -2.37. The van der Waals surface area contributed by atoms with Crippen molar-refractivity contribution >= 4 is 18.3 Å². The van der Waals surface area contributed by atoms with E-state index in [2.05, 4.69) is 36.5 Å². The molecule has 1 unspecified atom stereocenters. The van der Waals surface area contributed by atoms with Crippen LogP contribution in [0.1, 0.15) is 33.6 Å². The maximum Gasteiger partial charge on any atom is 0.248 e. The van der Waals surface area contributed by atoms with Crippen LogP contribution in [0.25, 0.3) is 0 Å². The molecule has 1 aromatic rings. The Labute approximate surface area is 144 Å². The molecule has 0 aliphatic carbocycles. The average Bonchev–Trinajstić information content (AvgIpc) is 3.01. The average molecular weight is 345 g/mol. The second-order valence-electron chi connectivity index (χ2n) is 7.03. The van der Waals surface area contributed by atoms with Gasteiger partial charge in [0.1, 0.15) is 5.54 Å². The van der Waals surface area contributed by atoms with Crippen molar-refractivity contribution in [1.29, 1.82) is 0 Å². The molecule has 0 aromatic carbocycles. The van der Waals surface area contributed by atoms with Gasteiger partial charge in [0, 0.05) is 26.0 Å². The van der Waals surface area contributed by atoms with Gasteiger partial charge >= 0.3 is 0 Å². The Balaban J connectivity index is 0.00000264. The first-order valence-electron chi connectivity index (χ1n) is 7.92. The predicted molar refractivity (Wildman–Crippen MR) is 92.8 cm³/mol. The molecule has 23 heavy (non-hydrogen) atoms. The summed E-state index contributed by atoms with van der Waals surface area (Å²) in [4.78, 5) is 12.9. The molecule has 6 nitrogen and oxygen atoms in total. The van der Waals surface area contributed by atoms with Crippen molar-refractivity contribution < 1.29 is 9.53 Å². The van der Waals surface area contributed by atoms with E-state index < -0.39 is 5.54 Å². The molecule has 1 saturated heterocycles. The summed E-state index contributed by atoms with van der Waals surface area (Å²) in [7, 11) is 1.69. The monoisotopic (exact) mass is 344 g/mol. The summed E-state index contributed by atoms with van der Waals surface area (Å²) in [6.45, 7) is 8.49. The summed E-state index contributed by atoms with van der Waals surface area (Å²) in [5.74, 6) is 0.0315. The number of amides is 1. The SMILES string of the molecule is COC(CNC(=O)C1(n2cccn2)CCNCC1)C(C)(C)C.Cl. The van der Waals surface area contributed by atoms with Gasteiger partial charge in [-0.3, -0.25) is 9.48 Å². The van der Waals surface area contributed by atoms with Crippen LogP contribution in [0.3, 0.4) is 0 Å². The molecular weight excluding hydrogens is 316 g/mol. The lowest BCUT2D eigenvalue weighted by Crippen LogP contribution is -2.56. The topological polar surface area (TPSA) is 68.2 Å². The molecule has 1 aromatic heterocycles. The molecule has 0 radical (unpaired) electrons. The predicted octanol–water partition coefficient (Wildman–Crippen LogP) is 1.56. The number of nitrogens with one attached hydrogen (secondary N) is 2. The van der Waals surface area contributed by atoms with Crippen LogP contribution in [-0.2, 0) is 15.1 Å². The van der Waals surface area contributed by atoms with Crippen LogP contribution in [0.5, 0.6) is 0 Å². The second kappa shape index (κ2) is 8.13. The van der Waals surface area contributed by atoms with Gasteiger partial charge in [0.25, 0.3) is 0 Å². The van der Waals surface area contributed by atoms with Crippen molar-refractivity contribution in [1.82, 2.24) is 20.4 Å². The normalized spacial score (nSPS) is 18.8. The van der Waals surface area contributed by atoms with Crippen LogP contribution < -0.4 is 10.6 Å². The molecular formula is C16H29ClN4O2. The molecule has 0 spiro atoms. The Hall–Kier alpha value is -1.11. The number of aromatic nitrogens is 2. The van der Waals surface area contributed by atoms with Crippen molar-refractivity contribution in [3.05, 3.63) is 18.5 Å². The number of hydrogen-bond donors (Lipinski definition) is 2. The lowest BCUT2D eigenvalue weighted by atomic mass is 9.86. The van der Waals surface area contributed by atoms with Gasteiger partial charge in [0.15, 0.2) is 0 Å². The molecule has 1 atom stereocenters. The van der Waals surface area contributed by atoms with Gasteiger partial charge < -0.3 is 15.4 Å². The molecule has 1 amide bonds. The van der Waals surface area contributed by atoms with Gasteiger partial charge in [-0.15, -0.1) is 12.4 Å². The summed E-state index contributed by atoms with van der Waals surface area (Å²) in [6.07, 6.45) is 5.07. The Morgan fingerprint density at radius 1 is 1.43 bits per heavy atom. The minimum Gasteiger partial charge on any atom is -0.379 e. The third-order valence-electron chi connectivity index (χ3n) is 4.49. The highest BCUT2D eigenvalue weighted by Gasteiger charge is 2.42. The van der Waals surface area contributed by atoms with E-state index in [0.717, 1.165) is 25.9 Å². The van der Waals surface area contributed by atoms with Crippen LogP contribution in [0.15, 0.2) is 18.5 Å². The Morgan fingerprint density at radius 3 is 2.57 bits per heavy atom. The number of piperidine rings is 1. The Bertz CT molecular complexity index is 479. The highest BCUT2D eigenvalue weighted by Crippen LogP contribution is 2.27.